The number of nitrogens with zero attached hydrogens (tertiary/aromatic N) is 1. The molecule has 26 heavy (non-hydrogen) atoms. The van der Waals surface area contributed by atoms with E-state index < -0.39 is 0 Å². The van der Waals surface area contributed by atoms with Crippen molar-refractivity contribution >= 4 is 22.9 Å². The minimum Gasteiger partial charge on any atom is -0.486 e. The quantitative estimate of drug-likeness (QED) is 0.680. The number of aromatic nitrogens is 1. The van der Waals surface area contributed by atoms with Gasteiger partial charge in [-0.3, -0.25) is 4.79 Å². The van der Waals surface area contributed by atoms with Crippen LogP contribution in [0.1, 0.15) is 27.4 Å². The van der Waals surface area contributed by atoms with Crippen molar-refractivity contribution in [2.75, 3.05) is 5.32 Å². The zero-order valence-electron chi connectivity index (χ0n) is 15.2. The first-order valence-corrected chi connectivity index (χ1v) is 9.37. The number of hydrogen-bond donors (Lipinski definition) is 1. The Labute approximate surface area is 157 Å². The number of ether oxygens (including phenoxy) is 1. The maximum atomic E-state index is 12.1. The van der Waals surface area contributed by atoms with Gasteiger partial charge in [0, 0.05) is 11.1 Å². The van der Waals surface area contributed by atoms with Crippen LogP contribution in [0.25, 0.3) is 0 Å². The van der Waals surface area contributed by atoms with Crippen LogP contribution in [0.15, 0.2) is 47.8 Å². The first-order valence-electron chi connectivity index (χ1n) is 8.49. The van der Waals surface area contributed by atoms with E-state index in [-0.39, 0.29) is 12.3 Å². The van der Waals surface area contributed by atoms with Gasteiger partial charge >= 0.3 is 0 Å². The molecule has 134 valence electrons. The van der Waals surface area contributed by atoms with Gasteiger partial charge in [-0.1, -0.05) is 23.8 Å². The van der Waals surface area contributed by atoms with Gasteiger partial charge in [0.2, 0.25) is 5.91 Å². The molecule has 3 rings (SSSR count). The van der Waals surface area contributed by atoms with E-state index in [1.165, 1.54) is 22.5 Å². The second-order valence-corrected chi connectivity index (χ2v) is 7.30. The van der Waals surface area contributed by atoms with Gasteiger partial charge in [-0.25, -0.2) is 4.98 Å². The molecule has 0 atom stereocenters. The van der Waals surface area contributed by atoms with Gasteiger partial charge in [-0.05, 0) is 56.2 Å². The SMILES string of the molecule is Cc1ccc(NC(=O)Cc2csc(COc3ccc(C)c(C)c3)n2)cc1. The summed E-state index contributed by atoms with van der Waals surface area (Å²) >= 11 is 1.51. The van der Waals surface area contributed by atoms with Crippen molar-refractivity contribution in [2.24, 2.45) is 0 Å². The van der Waals surface area contributed by atoms with Gasteiger partial charge in [0.15, 0.2) is 0 Å². The summed E-state index contributed by atoms with van der Waals surface area (Å²) in [7, 11) is 0. The molecule has 0 saturated heterocycles. The Morgan fingerprint density at radius 2 is 1.85 bits per heavy atom. The molecule has 1 N–H and O–H groups in total. The molecule has 1 aromatic heterocycles. The molecule has 0 radical (unpaired) electrons. The average Bonchev–Trinajstić information content (AvgIpc) is 3.05. The third kappa shape index (κ3) is 4.92. The number of nitrogens with one attached hydrogen (secondary N) is 1. The lowest BCUT2D eigenvalue weighted by atomic mass is 10.1. The number of thiazole rings is 1. The normalized spacial score (nSPS) is 10.6. The largest absolute Gasteiger partial charge is 0.486 e. The van der Waals surface area contributed by atoms with Crippen molar-refractivity contribution in [3.63, 3.8) is 0 Å². The zero-order valence-corrected chi connectivity index (χ0v) is 16.0. The van der Waals surface area contributed by atoms with E-state index >= 15 is 0 Å². The van der Waals surface area contributed by atoms with E-state index in [2.05, 4.69) is 24.1 Å². The molecule has 0 aliphatic rings. The van der Waals surface area contributed by atoms with Gasteiger partial charge in [0.05, 0.1) is 12.1 Å². The molecule has 0 unspecified atom stereocenters. The number of benzene rings is 2. The number of hydrogen-bond acceptors (Lipinski definition) is 4. The van der Waals surface area contributed by atoms with Gasteiger partial charge in [0.1, 0.15) is 17.4 Å². The zero-order chi connectivity index (χ0) is 18.5. The highest BCUT2D eigenvalue weighted by Gasteiger charge is 2.09. The molecule has 3 aromatic rings. The Morgan fingerprint density at radius 1 is 1.08 bits per heavy atom. The first kappa shape index (κ1) is 18.1. The van der Waals surface area contributed by atoms with Crippen molar-refractivity contribution in [3.05, 3.63) is 75.2 Å². The van der Waals surface area contributed by atoms with Crippen LogP contribution in [0.3, 0.4) is 0 Å². The smallest absolute Gasteiger partial charge is 0.230 e. The standard InChI is InChI=1S/C21H22N2O2S/c1-14-4-7-17(8-5-14)22-20(24)11-18-13-26-21(23-18)12-25-19-9-6-15(2)16(3)10-19/h4-10,13H,11-12H2,1-3H3,(H,22,24). The molecular weight excluding hydrogens is 344 g/mol. The summed E-state index contributed by atoms with van der Waals surface area (Å²) in [6, 6.07) is 13.8. The maximum Gasteiger partial charge on any atom is 0.230 e. The Bertz CT molecular complexity index is 901. The Morgan fingerprint density at radius 3 is 2.58 bits per heavy atom. The summed E-state index contributed by atoms with van der Waals surface area (Å²) in [4.78, 5) is 16.6. The molecule has 4 nitrogen and oxygen atoms in total. The third-order valence-electron chi connectivity index (χ3n) is 4.12. The Hall–Kier alpha value is -2.66. The van der Waals surface area contributed by atoms with Crippen molar-refractivity contribution < 1.29 is 9.53 Å². The van der Waals surface area contributed by atoms with Crippen LogP contribution >= 0.6 is 11.3 Å². The van der Waals surface area contributed by atoms with Crippen LogP contribution in [0, 0.1) is 20.8 Å². The van der Waals surface area contributed by atoms with Crippen molar-refractivity contribution in [1.82, 2.24) is 4.98 Å². The molecule has 0 aliphatic heterocycles. The van der Waals surface area contributed by atoms with Gasteiger partial charge in [-0.15, -0.1) is 11.3 Å². The number of aryl methyl sites for hydroxylation is 3. The van der Waals surface area contributed by atoms with E-state index in [4.69, 9.17) is 4.74 Å². The van der Waals surface area contributed by atoms with E-state index in [9.17, 15) is 4.79 Å². The van der Waals surface area contributed by atoms with E-state index in [0.717, 1.165) is 27.7 Å². The number of carbonyl (C=O) groups excluding carboxylic acids is 1. The minimum atomic E-state index is -0.0687. The lowest BCUT2D eigenvalue weighted by molar-refractivity contribution is -0.115. The van der Waals surface area contributed by atoms with Crippen molar-refractivity contribution in [2.45, 2.75) is 33.8 Å². The number of rotatable bonds is 6. The summed E-state index contributed by atoms with van der Waals surface area (Å²) in [5.41, 5.74) is 5.17. The van der Waals surface area contributed by atoms with E-state index in [1.54, 1.807) is 0 Å². The van der Waals surface area contributed by atoms with Crippen LogP contribution in [0.5, 0.6) is 5.75 Å². The Balaban J connectivity index is 1.53. The number of amides is 1. The third-order valence-corrected chi connectivity index (χ3v) is 4.99. The maximum absolute atomic E-state index is 12.1. The van der Waals surface area contributed by atoms with Crippen LogP contribution in [0.4, 0.5) is 5.69 Å². The van der Waals surface area contributed by atoms with Crippen LogP contribution in [0.2, 0.25) is 0 Å². The summed E-state index contributed by atoms with van der Waals surface area (Å²) in [5.74, 6) is 0.766. The summed E-state index contributed by atoms with van der Waals surface area (Å²) in [6.07, 6.45) is 0.258. The predicted molar refractivity (Wildman–Crippen MR) is 106 cm³/mol. The fraction of sp³-hybridized carbons (Fsp3) is 0.238. The second-order valence-electron chi connectivity index (χ2n) is 6.36. The Kier molecular flexibility index (Phi) is 5.68. The highest BCUT2D eigenvalue weighted by molar-refractivity contribution is 7.09. The molecule has 1 amide bonds. The second kappa shape index (κ2) is 8.15. The molecule has 0 fully saturated rings. The lowest BCUT2D eigenvalue weighted by Gasteiger charge is -2.06. The van der Waals surface area contributed by atoms with Crippen LogP contribution in [-0.4, -0.2) is 10.9 Å². The molecule has 2 aromatic carbocycles. The average molecular weight is 366 g/mol. The van der Waals surface area contributed by atoms with Gasteiger partial charge in [-0.2, -0.15) is 0 Å². The van der Waals surface area contributed by atoms with Crippen LogP contribution < -0.4 is 10.1 Å². The predicted octanol–water partition coefficient (Wildman–Crippen LogP) is 4.83. The summed E-state index contributed by atoms with van der Waals surface area (Å²) in [6.45, 7) is 6.57. The fourth-order valence-electron chi connectivity index (χ4n) is 2.45. The number of carbonyl (C=O) groups is 1. The van der Waals surface area contributed by atoms with Gasteiger partial charge < -0.3 is 10.1 Å². The molecule has 5 heteroatoms. The highest BCUT2D eigenvalue weighted by Crippen LogP contribution is 2.19. The first-order chi connectivity index (χ1) is 12.5. The highest BCUT2D eigenvalue weighted by atomic mass is 32.1. The molecule has 0 aliphatic carbocycles. The van der Waals surface area contributed by atoms with Crippen molar-refractivity contribution in [1.29, 1.82) is 0 Å². The molecule has 0 spiro atoms. The van der Waals surface area contributed by atoms with Gasteiger partial charge in [0.25, 0.3) is 0 Å². The van der Waals surface area contributed by atoms with E-state index in [0.29, 0.717) is 6.61 Å². The minimum absolute atomic E-state index is 0.0687. The summed E-state index contributed by atoms with van der Waals surface area (Å²) < 4.78 is 5.80. The molecule has 0 bridgehead atoms. The van der Waals surface area contributed by atoms with E-state index in [1.807, 2.05) is 54.8 Å². The lowest BCUT2D eigenvalue weighted by Crippen LogP contribution is -2.14. The van der Waals surface area contributed by atoms with Crippen molar-refractivity contribution in [3.8, 4) is 5.75 Å². The topological polar surface area (TPSA) is 51.2 Å². The number of anilines is 1. The molecule has 1 heterocycles. The monoisotopic (exact) mass is 366 g/mol. The molecular formula is C21H22N2O2S. The molecule has 0 saturated carbocycles. The van der Waals surface area contributed by atoms with Crippen LogP contribution in [-0.2, 0) is 17.8 Å². The summed E-state index contributed by atoms with van der Waals surface area (Å²) in [5, 5.41) is 5.66. The fourth-order valence-corrected chi connectivity index (χ4v) is 3.16.